The van der Waals surface area contributed by atoms with Crippen molar-refractivity contribution in [1.29, 1.82) is 0 Å². The van der Waals surface area contributed by atoms with E-state index in [4.69, 9.17) is 4.74 Å². The van der Waals surface area contributed by atoms with Crippen LogP contribution in [0.2, 0.25) is 0 Å². The highest BCUT2D eigenvalue weighted by Crippen LogP contribution is 2.31. The van der Waals surface area contributed by atoms with Gasteiger partial charge in [-0.2, -0.15) is 0 Å². The summed E-state index contributed by atoms with van der Waals surface area (Å²) >= 11 is 0. The molecule has 2 aliphatic rings. The maximum absolute atomic E-state index is 11.5. The molecular formula is C13H17N3O2. The third-order valence-corrected chi connectivity index (χ3v) is 3.91. The zero-order valence-corrected chi connectivity index (χ0v) is 10.4. The summed E-state index contributed by atoms with van der Waals surface area (Å²) in [6.45, 7) is 3.19. The lowest BCUT2D eigenvalue weighted by Crippen LogP contribution is -2.34. The van der Waals surface area contributed by atoms with Gasteiger partial charge in [-0.25, -0.2) is 9.78 Å². The Labute approximate surface area is 106 Å². The second kappa shape index (κ2) is 4.57. The van der Waals surface area contributed by atoms with Crippen molar-refractivity contribution in [3.63, 3.8) is 0 Å². The Kier molecular flexibility index (Phi) is 2.91. The van der Waals surface area contributed by atoms with Gasteiger partial charge in [0.25, 0.3) is 0 Å². The Morgan fingerprint density at radius 3 is 3.28 bits per heavy atom. The van der Waals surface area contributed by atoms with Crippen molar-refractivity contribution in [2.75, 3.05) is 31.6 Å². The summed E-state index contributed by atoms with van der Waals surface area (Å²) in [5.41, 5.74) is 1.45. The molecule has 0 aromatic carbocycles. The fourth-order valence-corrected chi connectivity index (χ4v) is 2.98. The van der Waals surface area contributed by atoms with Crippen LogP contribution in [0.25, 0.3) is 0 Å². The molecule has 1 aromatic heterocycles. The third-order valence-electron chi connectivity index (χ3n) is 3.91. The zero-order chi connectivity index (χ0) is 12.5. The van der Waals surface area contributed by atoms with Crippen molar-refractivity contribution in [2.45, 2.75) is 12.5 Å². The standard InChI is InChI=1S/C13H17N3O2/c1-18-13(17)11-6-10(2-4-15-11)16-5-3-9-7-14-8-12(9)16/h2,4,6,9,12,14H,3,5,7-8H2,1H3/t9-,12+/m0/s1. The fraction of sp³-hybridized carbons (Fsp3) is 0.538. The molecule has 0 spiro atoms. The summed E-state index contributed by atoms with van der Waals surface area (Å²) in [6, 6.07) is 4.34. The Morgan fingerprint density at radius 2 is 2.44 bits per heavy atom. The van der Waals surface area contributed by atoms with Crippen LogP contribution in [-0.4, -0.2) is 43.7 Å². The average Bonchev–Trinajstić information content (AvgIpc) is 3.00. The Morgan fingerprint density at radius 1 is 1.56 bits per heavy atom. The number of nitrogens with one attached hydrogen (secondary N) is 1. The first-order valence-electron chi connectivity index (χ1n) is 6.31. The van der Waals surface area contributed by atoms with Gasteiger partial charge >= 0.3 is 5.97 Å². The molecule has 2 aliphatic heterocycles. The number of rotatable bonds is 2. The number of esters is 1. The zero-order valence-electron chi connectivity index (χ0n) is 10.4. The predicted octanol–water partition coefficient (Wildman–Crippen LogP) is 0.666. The molecule has 0 unspecified atom stereocenters. The number of fused-ring (bicyclic) bond motifs is 1. The van der Waals surface area contributed by atoms with E-state index in [1.165, 1.54) is 13.5 Å². The van der Waals surface area contributed by atoms with Crippen molar-refractivity contribution in [2.24, 2.45) is 5.92 Å². The van der Waals surface area contributed by atoms with Crippen LogP contribution in [0.5, 0.6) is 0 Å². The van der Waals surface area contributed by atoms with Gasteiger partial charge in [-0.1, -0.05) is 0 Å². The van der Waals surface area contributed by atoms with E-state index in [1.807, 2.05) is 12.1 Å². The van der Waals surface area contributed by atoms with E-state index in [-0.39, 0.29) is 5.97 Å². The first-order chi connectivity index (χ1) is 8.79. The van der Waals surface area contributed by atoms with E-state index in [0.717, 1.165) is 31.2 Å². The van der Waals surface area contributed by atoms with Crippen molar-refractivity contribution in [1.82, 2.24) is 10.3 Å². The highest BCUT2D eigenvalue weighted by molar-refractivity contribution is 5.88. The van der Waals surface area contributed by atoms with Gasteiger partial charge in [0.15, 0.2) is 0 Å². The van der Waals surface area contributed by atoms with Gasteiger partial charge in [0, 0.05) is 37.6 Å². The molecular weight excluding hydrogens is 230 g/mol. The monoisotopic (exact) mass is 247 g/mol. The van der Waals surface area contributed by atoms with Gasteiger partial charge < -0.3 is 15.0 Å². The van der Waals surface area contributed by atoms with Crippen LogP contribution in [0.15, 0.2) is 18.3 Å². The first-order valence-corrected chi connectivity index (χ1v) is 6.31. The lowest BCUT2D eigenvalue weighted by atomic mass is 10.1. The minimum absolute atomic E-state index is 0.378. The molecule has 2 atom stereocenters. The van der Waals surface area contributed by atoms with Gasteiger partial charge in [-0.3, -0.25) is 0 Å². The SMILES string of the molecule is COC(=O)c1cc(N2CC[C@H]3CNC[C@H]32)ccn1. The molecule has 0 bridgehead atoms. The fourth-order valence-electron chi connectivity index (χ4n) is 2.98. The van der Waals surface area contributed by atoms with Crippen molar-refractivity contribution in [3.8, 4) is 0 Å². The van der Waals surface area contributed by atoms with Gasteiger partial charge in [0.05, 0.1) is 7.11 Å². The minimum Gasteiger partial charge on any atom is -0.464 e. The topological polar surface area (TPSA) is 54.5 Å². The Bertz CT molecular complexity index is 463. The molecule has 3 heterocycles. The minimum atomic E-state index is -0.378. The number of hydrogen-bond acceptors (Lipinski definition) is 5. The summed E-state index contributed by atoms with van der Waals surface area (Å²) in [4.78, 5) is 17.9. The number of ether oxygens (including phenoxy) is 1. The van der Waals surface area contributed by atoms with E-state index in [9.17, 15) is 4.79 Å². The van der Waals surface area contributed by atoms with Crippen molar-refractivity contribution >= 4 is 11.7 Å². The first kappa shape index (κ1) is 11.5. The summed E-state index contributed by atoms with van der Waals surface area (Å²) in [5.74, 6) is 0.358. The van der Waals surface area contributed by atoms with Crippen LogP contribution in [0.1, 0.15) is 16.9 Å². The molecule has 0 aliphatic carbocycles. The molecule has 0 saturated carbocycles. The molecule has 0 amide bonds. The predicted molar refractivity (Wildman–Crippen MR) is 67.7 cm³/mol. The number of anilines is 1. The number of nitrogens with zero attached hydrogens (tertiary/aromatic N) is 2. The number of hydrogen-bond donors (Lipinski definition) is 1. The summed E-state index contributed by atoms with van der Waals surface area (Å²) in [7, 11) is 1.38. The van der Waals surface area contributed by atoms with E-state index in [1.54, 1.807) is 6.20 Å². The highest BCUT2D eigenvalue weighted by Gasteiger charge is 2.37. The van der Waals surface area contributed by atoms with Crippen LogP contribution in [0.3, 0.4) is 0 Å². The smallest absolute Gasteiger partial charge is 0.356 e. The number of methoxy groups -OCH3 is 1. The molecule has 5 heteroatoms. The van der Waals surface area contributed by atoms with Crippen molar-refractivity contribution < 1.29 is 9.53 Å². The molecule has 2 saturated heterocycles. The van der Waals surface area contributed by atoms with Gasteiger partial charge in [0.2, 0.25) is 0 Å². The Hall–Kier alpha value is -1.62. The maximum Gasteiger partial charge on any atom is 0.356 e. The van der Waals surface area contributed by atoms with Crippen molar-refractivity contribution in [3.05, 3.63) is 24.0 Å². The molecule has 18 heavy (non-hydrogen) atoms. The van der Waals surface area contributed by atoms with Crippen LogP contribution in [0.4, 0.5) is 5.69 Å². The summed E-state index contributed by atoms with van der Waals surface area (Å²) < 4.78 is 4.71. The number of aromatic nitrogens is 1. The van der Waals surface area contributed by atoms with Gasteiger partial charge in [0.1, 0.15) is 5.69 Å². The second-order valence-electron chi connectivity index (χ2n) is 4.86. The second-order valence-corrected chi connectivity index (χ2v) is 4.86. The summed E-state index contributed by atoms with van der Waals surface area (Å²) in [6.07, 6.45) is 2.89. The van der Waals surface area contributed by atoms with E-state index in [0.29, 0.717) is 11.7 Å². The van der Waals surface area contributed by atoms with Crippen LogP contribution in [0, 0.1) is 5.92 Å². The van der Waals surface area contributed by atoms with Gasteiger partial charge in [-0.15, -0.1) is 0 Å². The Balaban J connectivity index is 1.86. The molecule has 2 fully saturated rings. The molecule has 3 rings (SSSR count). The molecule has 1 N–H and O–H groups in total. The highest BCUT2D eigenvalue weighted by atomic mass is 16.5. The van der Waals surface area contributed by atoms with E-state index in [2.05, 4.69) is 15.2 Å². The van der Waals surface area contributed by atoms with Crippen LogP contribution in [-0.2, 0) is 4.74 Å². The largest absolute Gasteiger partial charge is 0.464 e. The molecule has 5 nitrogen and oxygen atoms in total. The van der Waals surface area contributed by atoms with Gasteiger partial charge in [-0.05, 0) is 24.5 Å². The quantitative estimate of drug-likeness (QED) is 0.778. The lowest BCUT2D eigenvalue weighted by molar-refractivity contribution is 0.0594. The van der Waals surface area contributed by atoms with Crippen LogP contribution < -0.4 is 10.2 Å². The molecule has 0 radical (unpaired) electrons. The number of carbonyl (C=O) groups is 1. The number of carbonyl (C=O) groups excluding carboxylic acids is 1. The summed E-state index contributed by atoms with van der Waals surface area (Å²) in [5, 5.41) is 3.42. The maximum atomic E-state index is 11.5. The normalized spacial score (nSPS) is 26.2. The third kappa shape index (κ3) is 1.84. The number of pyridine rings is 1. The van der Waals surface area contributed by atoms with Crippen LogP contribution >= 0.6 is 0 Å². The van der Waals surface area contributed by atoms with E-state index >= 15 is 0 Å². The molecule has 96 valence electrons. The average molecular weight is 247 g/mol. The lowest BCUT2D eigenvalue weighted by Gasteiger charge is -2.25. The van der Waals surface area contributed by atoms with E-state index < -0.39 is 0 Å². The molecule has 1 aromatic rings.